The van der Waals surface area contributed by atoms with Crippen LogP contribution in [0.2, 0.25) is 0 Å². The minimum Gasteiger partial charge on any atom is -0.461 e. The van der Waals surface area contributed by atoms with E-state index in [1.165, 1.54) is 16.8 Å². The van der Waals surface area contributed by atoms with Crippen LogP contribution in [0.3, 0.4) is 0 Å². The van der Waals surface area contributed by atoms with E-state index in [0.29, 0.717) is 50.1 Å². The summed E-state index contributed by atoms with van der Waals surface area (Å²) in [6.07, 6.45) is 3.26. The second-order valence-electron chi connectivity index (χ2n) is 5.53. The summed E-state index contributed by atoms with van der Waals surface area (Å²) in [5.74, 6) is 1.17. The normalized spacial score (nSPS) is 16.5. The third-order valence-corrected chi connectivity index (χ3v) is 5.13. The molecule has 3 rings (SSSR count). The van der Waals surface area contributed by atoms with Crippen molar-refractivity contribution in [3.8, 4) is 11.6 Å². The third-order valence-electron chi connectivity index (χ3n) is 3.82. The van der Waals surface area contributed by atoms with E-state index in [0.717, 1.165) is 0 Å². The summed E-state index contributed by atoms with van der Waals surface area (Å²) in [5, 5.41) is 3.81. The maximum atomic E-state index is 12.2. The number of carbonyl (C=O) groups excluding carboxylic acids is 1. The van der Waals surface area contributed by atoms with Gasteiger partial charge >= 0.3 is 0 Å². The molecule has 3 heterocycles. The fourth-order valence-electron chi connectivity index (χ4n) is 2.50. The van der Waals surface area contributed by atoms with Crippen LogP contribution in [0.1, 0.15) is 12.3 Å². The van der Waals surface area contributed by atoms with Gasteiger partial charge in [-0.2, -0.15) is 9.29 Å². The lowest BCUT2D eigenvalue weighted by Crippen LogP contribution is -2.50. The highest BCUT2D eigenvalue weighted by molar-refractivity contribution is 7.88. The number of carbonyl (C=O) groups is 1. The quantitative estimate of drug-likeness (QED) is 0.762. The van der Waals surface area contributed by atoms with Crippen LogP contribution in [0, 0.1) is 0 Å². The molecule has 1 saturated heterocycles. The van der Waals surface area contributed by atoms with Gasteiger partial charge < -0.3 is 13.8 Å². The Morgan fingerprint density at radius 1 is 1.29 bits per heavy atom. The molecule has 0 aliphatic carbocycles. The van der Waals surface area contributed by atoms with Crippen molar-refractivity contribution < 1.29 is 22.2 Å². The monoisotopic (exact) mass is 354 g/mol. The molecule has 1 amide bonds. The van der Waals surface area contributed by atoms with Gasteiger partial charge in [0, 0.05) is 39.0 Å². The molecule has 130 valence electrons. The van der Waals surface area contributed by atoms with Gasteiger partial charge in [-0.3, -0.25) is 4.79 Å². The maximum Gasteiger partial charge on any atom is 0.238 e. The van der Waals surface area contributed by atoms with Crippen LogP contribution in [0.4, 0.5) is 0 Å². The smallest absolute Gasteiger partial charge is 0.238 e. The van der Waals surface area contributed by atoms with E-state index >= 15 is 0 Å². The van der Waals surface area contributed by atoms with E-state index in [1.807, 2.05) is 0 Å². The topological polar surface area (TPSA) is 110 Å². The molecule has 0 atom stereocenters. The molecule has 1 aliphatic rings. The Morgan fingerprint density at radius 2 is 2.04 bits per heavy atom. The highest BCUT2D eigenvalue weighted by Crippen LogP contribution is 2.16. The summed E-state index contributed by atoms with van der Waals surface area (Å²) in [7, 11) is -3.20. The molecule has 0 N–H and O–H groups in total. The first kappa shape index (κ1) is 16.7. The largest absolute Gasteiger partial charge is 0.461 e. The third kappa shape index (κ3) is 3.82. The molecule has 0 aromatic carbocycles. The predicted octanol–water partition coefficient (Wildman–Crippen LogP) is 0.366. The summed E-state index contributed by atoms with van der Waals surface area (Å²) in [5.41, 5.74) is 0. The summed E-state index contributed by atoms with van der Waals surface area (Å²) in [6.45, 7) is 1.45. The van der Waals surface area contributed by atoms with E-state index in [9.17, 15) is 13.2 Å². The Balaban J connectivity index is 1.50. The molecule has 0 saturated carbocycles. The predicted molar refractivity (Wildman–Crippen MR) is 83.3 cm³/mol. The summed E-state index contributed by atoms with van der Waals surface area (Å²) < 4.78 is 34.6. The number of aryl methyl sites for hydroxylation is 1. The molecular weight excluding hydrogens is 336 g/mol. The van der Waals surface area contributed by atoms with E-state index < -0.39 is 10.0 Å². The number of amides is 1. The summed E-state index contributed by atoms with van der Waals surface area (Å²) in [6, 6.07) is 3.45. The lowest BCUT2D eigenvalue weighted by atomic mass is 10.2. The van der Waals surface area contributed by atoms with Gasteiger partial charge in [-0.25, -0.2) is 8.42 Å². The highest BCUT2D eigenvalue weighted by atomic mass is 32.2. The first-order valence-electron chi connectivity index (χ1n) is 7.53. The van der Waals surface area contributed by atoms with Crippen LogP contribution < -0.4 is 0 Å². The van der Waals surface area contributed by atoms with Crippen molar-refractivity contribution in [1.29, 1.82) is 0 Å². The summed E-state index contributed by atoms with van der Waals surface area (Å²) in [4.78, 5) is 18.1. The Morgan fingerprint density at radius 3 is 2.67 bits per heavy atom. The minimum absolute atomic E-state index is 0.0547. The average molecular weight is 354 g/mol. The zero-order valence-electron chi connectivity index (χ0n) is 13.2. The zero-order valence-corrected chi connectivity index (χ0v) is 14.0. The van der Waals surface area contributed by atoms with E-state index in [2.05, 4.69) is 10.1 Å². The van der Waals surface area contributed by atoms with Crippen LogP contribution in [0.15, 0.2) is 27.3 Å². The van der Waals surface area contributed by atoms with Crippen LogP contribution in [0.5, 0.6) is 0 Å². The number of nitrogens with zero attached hydrogens (tertiary/aromatic N) is 4. The van der Waals surface area contributed by atoms with Crippen molar-refractivity contribution >= 4 is 15.9 Å². The number of aromatic nitrogens is 2. The lowest BCUT2D eigenvalue weighted by Gasteiger charge is -2.33. The van der Waals surface area contributed by atoms with E-state index in [1.54, 1.807) is 17.0 Å². The van der Waals surface area contributed by atoms with Gasteiger partial charge in [-0.1, -0.05) is 5.16 Å². The van der Waals surface area contributed by atoms with Gasteiger partial charge in [-0.15, -0.1) is 0 Å². The number of hydrogen-bond donors (Lipinski definition) is 0. The van der Waals surface area contributed by atoms with Crippen LogP contribution >= 0.6 is 0 Å². The Hall–Kier alpha value is -2.20. The van der Waals surface area contributed by atoms with Crippen LogP contribution in [0.25, 0.3) is 11.6 Å². The molecule has 2 aromatic rings. The van der Waals surface area contributed by atoms with Gasteiger partial charge in [0.05, 0.1) is 12.5 Å². The number of piperazine rings is 1. The van der Waals surface area contributed by atoms with Crippen molar-refractivity contribution in [2.75, 3.05) is 32.4 Å². The Labute approximate surface area is 139 Å². The average Bonchev–Trinajstić information content (AvgIpc) is 3.23. The molecule has 0 radical (unpaired) electrons. The SMILES string of the molecule is CS(=O)(=O)N1CCN(C(=O)CCc2nc(-c3ccco3)no2)CC1. The Kier molecular flexibility index (Phi) is 4.67. The molecule has 1 fully saturated rings. The number of sulfonamides is 1. The van der Waals surface area contributed by atoms with Gasteiger partial charge in [-0.05, 0) is 12.1 Å². The fourth-order valence-corrected chi connectivity index (χ4v) is 3.33. The highest BCUT2D eigenvalue weighted by Gasteiger charge is 2.26. The minimum atomic E-state index is -3.20. The standard InChI is InChI=1S/C14H18N4O5S/c1-24(20,21)18-8-6-17(7-9-18)13(19)5-4-12-15-14(16-23-12)11-3-2-10-22-11/h2-3,10H,4-9H2,1H3. The first-order chi connectivity index (χ1) is 11.4. The molecule has 1 aliphatic heterocycles. The maximum absolute atomic E-state index is 12.2. The number of hydrogen-bond acceptors (Lipinski definition) is 7. The van der Waals surface area contributed by atoms with Crippen molar-refractivity contribution in [1.82, 2.24) is 19.3 Å². The van der Waals surface area contributed by atoms with Crippen molar-refractivity contribution in [3.05, 3.63) is 24.3 Å². The van der Waals surface area contributed by atoms with Gasteiger partial charge in [0.1, 0.15) is 0 Å². The molecule has 9 nitrogen and oxygen atoms in total. The lowest BCUT2D eigenvalue weighted by molar-refractivity contribution is -0.132. The van der Waals surface area contributed by atoms with E-state index in [4.69, 9.17) is 8.94 Å². The van der Waals surface area contributed by atoms with Gasteiger partial charge in [0.15, 0.2) is 5.76 Å². The van der Waals surface area contributed by atoms with Crippen LogP contribution in [-0.4, -0.2) is 66.1 Å². The fraction of sp³-hybridized carbons (Fsp3) is 0.500. The summed E-state index contributed by atoms with van der Waals surface area (Å²) >= 11 is 0. The molecule has 0 unspecified atom stereocenters. The van der Waals surface area contributed by atoms with Gasteiger partial charge in [0.2, 0.25) is 27.6 Å². The Bertz CT molecular complexity index is 791. The first-order valence-corrected chi connectivity index (χ1v) is 9.37. The van der Waals surface area contributed by atoms with Crippen LogP contribution in [-0.2, 0) is 21.2 Å². The van der Waals surface area contributed by atoms with Crippen molar-refractivity contribution in [3.63, 3.8) is 0 Å². The van der Waals surface area contributed by atoms with Crippen molar-refractivity contribution in [2.24, 2.45) is 0 Å². The molecule has 24 heavy (non-hydrogen) atoms. The van der Waals surface area contributed by atoms with E-state index in [-0.39, 0.29) is 12.3 Å². The van der Waals surface area contributed by atoms with Crippen molar-refractivity contribution in [2.45, 2.75) is 12.8 Å². The zero-order chi connectivity index (χ0) is 17.2. The number of furan rings is 1. The number of rotatable bonds is 5. The molecule has 10 heteroatoms. The molecular formula is C14H18N4O5S. The van der Waals surface area contributed by atoms with Gasteiger partial charge in [0.25, 0.3) is 0 Å². The second kappa shape index (κ2) is 6.73. The molecule has 0 bridgehead atoms. The molecule has 0 spiro atoms. The second-order valence-corrected chi connectivity index (χ2v) is 7.51. The molecule has 2 aromatic heterocycles.